The minimum Gasteiger partial charge on any atom is -0.332 e. The van der Waals surface area contributed by atoms with Crippen molar-refractivity contribution in [3.8, 4) is 22.3 Å². The van der Waals surface area contributed by atoms with Crippen LogP contribution >= 0.6 is 0 Å². The van der Waals surface area contributed by atoms with Gasteiger partial charge in [-0.3, -0.25) is 4.68 Å². The lowest BCUT2D eigenvalue weighted by Crippen LogP contribution is -2.14. The summed E-state index contributed by atoms with van der Waals surface area (Å²) in [7, 11) is 1.94. The second-order valence-electron chi connectivity index (χ2n) is 8.85. The van der Waals surface area contributed by atoms with Gasteiger partial charge in [0.1, 0.15) is 5.65 Å². The van der Waals surface area contributed by atoms with Crippen LogP contribution < -0.4 is 5.32 Å². The Morgan fingerprint density at radius 3 is 2.76 bits per heavy atom. The zero-order valence-electron chi connectivity index (χ0n) is 18.5. The molecule has 0 aliphatic carbocycles. The summed E-state index contributed by atoms with van der Waals surface area (Å²) in [5, 5.41) is 10.3. The SMILES string of the molecule is [C-]#[N+]c1ccc(-c2c(-c3ccc4cn(C)nc4c3)cnc3c2ccn3C[C@@H]2CCNC2)cc1. The maximum absolute atomic E-state index is 7.31. The summed E-state index contributed by atoms with van der Waals surface area (Å²) in [4.78, 5) is 8.50. The molecule has 6 heteroatoms. The van der Waals surface area contributed by atoms with Crippen molar-refractivity contribution in [2.45, 2.75) is 13.0 Å². The summed E-state index contributed by atoms with van der Waals surface area (Å²) in [6.07, 6.45) is 7.39. The fourth-order valence-electron chi connectivity index (χ4n) is 4.97. The molecule has 2 aromatic carbocycles. The van der Waals surface area contributed by atoms with Gasteiger partial charge in [0.2, 0.25) is 0 Å². The van der Waals surface area contributed by atoms with Crippen molar-refractivity contribution in [3.63, 3.8) is 0 Å². The van der Waals surface area contributed by atoms with Gasteiger partial charge in [0, 0.05) is 54.1 Å². The van der Waals surface area contributed by atoms with Crippen LogP contribution in [0.15, 0.2) is 67.1 Å². The van der Waals surface area contributed by atoms with Crippen molar-refractivity contribution in [3.05, 3.63) is 78.5 Å². The highest BCUT2D eigenvalue weighted by atomic mass is 15.2. The molecule has 5 aromatic rings. The molecule has 1 aliphatic rings. The molecule has 0 bridgehead atoms. The Morgan fingerprint density at radius 1 is 1.12 bits per heavy atom. The van der Waals surface area contributed by atoms with E-state index in [1.165, 1.54) is 6.42 Å². The van der Waals surface area contributed by atoms with Gasteiger partial charge in [-0.25, -0.2) is 9.83 Å². The molecule has 33 heavy (non-hydrogen) atoms. The summed E-state index contributed by atoms with van der Waals surface area (Å²) in [6.45, 7) is 10.4. The highest BCUT2D eigenvalue weighted by molar-refractivity contribution is 6.02. The molecular formula is C27H24N6. The van der Waals surface area contributed by atoms with Crippen LogP contribution in [0.1, 0.15) is 6.42 Å². The summed E-state index contributed by atoms with van der Waals surface area (Å²) < 4.78 is 4.13. The second-order valence-corrected chi connectivity index (χ2v) is 8.85. The van der Waals surface area contributed by atoms with Crippen molar-refractivity contribution in [1.82, 2.24) is 24.6 Å². The maximum atomic E-state index is 7.31. The average Bonchev–Trinajstić information content (AvgIpc) is 3.58. The third-order valence-corrected chi connectivity index (χ3v) is 6.62. The van der Waals surface area contributed by atoms with Crippen LogP contribution in [-0.4, -0.2) is 32.4 Å². The molecular weight excluding hydrogens is 408 g/mol. The zero-order valence-corrected chi connectivity index (χ0v) is 18.5. The standard InChI is InChI=1S/C27H24N6/c1-28-22-7-5-19(6-8-22)26-23-10-12-33(16-18-9-11-29-14-18)27(23)30-15-24(26)20-3-4-21-17-32(2)31-25(21)13-20/h3-8,10,12-13,15,17-18,29H,9,11,14,16H2,2H3/t18-/m1/s1. The first-order valence-electron chi connectivity index (χ1n) is 11.3. The highest BCUT2D eigenvalue weighted by Crippen LogP contribution is 2.39. The van der Waals surface area contributed by atoms with Crippen LogP contribution in [0.2, 0.25) is 0 Å². The van der Waals surface area contributed by atoms with E-state index in [0.717, 1.165) is 63.8 Å². The molecule has 6 rings (SSSR count). The van der Waals surface area contributed by atoms with E-state index in [-0.39, 0.29) is 0 Å². The van der Waals surface area contributed by atoms with Crippen LogP contribution in [0.4, 0.5) is 5.69 Å². The predicted molar refractivity (Wildman–Crippen MR) is 132 cm³/mol. The summed E-state index contributed by atoms with van der Waals surface area (Å²) in [5.74, 6) is 0.634. The molecule has 0 spiro atoms. The Hall–Kier alpha value is -3.95. The maximum Gasteiger partial charge on any atom is 0.187 e. The van der Waals surface area contributed by atoms with E-state index in [2.05, 4.69) is 50.3 Å². The van der Waals surface area contributed by atoms with Gasteiger partial charge in [0.15, 0.2) is 5.69 Å². The van der Waals surface area contributed by atoms with E-state index in [0.29, 0.717) is 11.6 Å². The number of hydrogen-bond acceptors (Lipinski definition) is 3. The Kier molecular flexibility index (Phi) is 4.70. The molecule has 0 unspecified atom stereocenters. The zero-order chi connectivity index (χ0) is 22.4. The van der Waals surface area contributed by atoms with Crippen molar-refractivity contribution < 1.29 is 0 Å². The number of nitrogens with zero attached hydrogens (tertiary/aromatic N) is 5. The van der Waals surface area contributed by atoms with E-state index in [1.54, 1.807) is 0 Å². The smallest absolute Gasteiger partial charge is 0.187 e. The van der Waals surface area contributed by atoms with Gasteiger partial charge in [-0.1, -0.05) is 36.4 Å². The number of benzene rings is 2. The van der Waals surface area contributed by atoms with E-state index >= 15 is 0 Å². The molecule has 1 atom stereocenters. The molecule has 1 N–H and O–H groups in total. The minimum absolute atomic E-state index is 0.634. The fourth-order valence-corrected chi connectivity index (χ4v) is 4.97. The Balaban J connectivity index is 1.54. The van der Waals surface area contributed by atoms with Crippen molar-refractivity contribution >= 4 is 27.6 Å². The van der Waals surface area contributed by atoms with Crippen LogP contribution in [0.5, 0.6) is 0 Å². The Labute approximate surface area is 192 Å². The monoisotopic (exact) mass is 432 g/mol. The van der Waals surface area contributed by atoms with E-state index in [4.69, 9.17) is 11.6 Å². The summed E-state index contributed by atoms with van der Waals surface area (Å²) in [6, 6.07) is 16.5. The molecule has 3 aromatic heterocycles. The van der Waals surface area contributed by atoms with Gasteiger partial charge in [-0.2, -0.15) is 5.10 Å². The molecule has 1 saturated heterocycles. The number of fused-ring (bicyclic) bond motifs is 2. The largest absolute Gasteiger partial charge is 0.332 e. The lowest BCUT2D eigenvalue weighted by Gasteiger charge is -2.14. The van der Waals surface area contributed by atoms with Gasteiger partial charge < -0.3 is 9.88 Å². The van der Waals surface area contributed by atoms with Gasteiger partial charge in [-0.15, -0.1) is 0 Å². The first kappa shape index (κ1) is 19.7. The molecule has 0 saturated carbocycles. The lowest BCUT2D eigenvalue weighted by molar-refractivity contribution is 0.489. The lowest BCUT2D eigenvalue weighted by atomic mass is 9.93. The van der Waals surface area contributed by atoms with Gasteiger partial charge in [-0.05, 0) is 48.7 Å². The Morgan fingerprint density at radius 2 is 1.97 bits per heavy atom. The summed E-state index contributed by atoms with van der Waals surface area (Å²) in [5.41, 5.74) is 7.02. The van der Waals surface area contributed by atoms with Gasteiger partial charge in [0.05, 0.1) is 12.1 Å². The Bertz CT molecular complexity index is 1510. The molecule has 0 amide bonds. The fraction of sp³-hybridized carbons (Fsp3) is 0.222. The van der Waals surface area contributed by atoms with Crippen molar-refractivity contribution in [2.75, 3.05) is 13.1 Å². The number of nitrogens with one attached hydrogen (secondary N) is 1. The number of rotatable bonds is 4. The normalized spacial score (nSPS) is 15.9. The van der Waals surface area contributed by atoms with Crippen molar-refractivity contribution in [1.29, 1.82) is 0 Å². The van der Waals surface area contributed by atoms with E-state index in [1.807, 2.05) is 48.4 Å². The topological polar surface area (TPSA) is 52.0 Å². The minimum atomic E-state index is 0.634. The predicted octanol–water partition coefficient (Wildman–Crippen LogP) is 5.42. The molecule has 162 valence electrons. The number of aryl methyl sites for hydroxylation is 1. The van der Waals surface area contributed by atoms with Gasteiger partial charge >= 0.3 is 0 Å². The molecule has 1 fully saturated rings. The molecule has 4 heterocycles. The van der Waals surface area contributed by atoms with E-state index < -0.39 is 0 Å². The molecule has 6 nitrogen and oxygen atoms in total. The van der Waals surface area contributed by atoms with Crippen LogP contribution in [0.3, 0.4) is 0 Å². The average molecular weight is 433 g/mol. The quantitative estimate of drug-likeness (QED) is 0.386. The van der Waals surface area contributed by atoms with E-state index in [9.17, 15) is 0 Å². The number of pyridine rings is 1. The molecule has 0 radical (unpaired) electrons. The number of hydrogen-bond donors (Lipinski definition) is 1. The first-order chi connectivity index (χ1) is 16.2. The van der Waals surface area contributed by atoms with Crippen LogP contribution in [-0.2, 0) is 13.6 Å². The first-order valence-corrected chi connectivity index (χ1v) is 11.3. The summed E-state index contributed by atoms with van der Waals surface area (Å²) >= 11 is 0. The third-order valence-electron chi connectivity index (χ3n) is 6.62. The van der Waals surface area contributed by atoms with Crippen LogP contribution in [0.25, 0.3) is 49.0 Å². The second kappa shape index (κ2) is 7.88. The highest BCUT2D eigenvalue weighted by Gasteiger charge is 2.19. The van der Waals surface area contributed by atoms with Crippen LogP contribution in [0, 0.1) is 12.5 Å². The van der Waals surface area contributed by atoms with Crippen molar-refractivity contribution in [2.24, 2.45) is 13.0 Å². The third kappa shape index (κ3) is 3.47. The number of aromatic nitrogens is 4. The van der Waals surface area contributed by atoms with Gasteiger partial charge in [0.25, 0.3) is 0 Å². The molecule has 1 aliphatic heterocycles.